The van der Waals surface area contributed by atoms with E-state index in [4.69, 9.17) is 17.0 Å². The normalized spacial score (nSPS) is 17.8. The van der Waals surface area contributed by atoms with Gasteiger partial charge in [-0.2, -0.15) is 0 Å². The van der Waals surface area contributed by atoms with Crippen LogP contribution in [0.5, 0.6) is 0 Å². The Kier molecular flexibility index (Phi) is 6.51. The Morgan fingerprint density at radius 1 is 1.15 bits per heavy atom. The van der Waals surface area contributed by atoms with Gasteiger partial charge in [-0.1, -0.05) is 18.2 Å². The van der Waals surface area contributed by atoms with Crippen LogP contribution in [0, 0.1) is 27.7 Å². The topological polar surface area (TPSA) is 59.4 Å². The number of carbonyl (C=O) groups is 1. The number of methoxy groups -OCH3 is 1. The number of carbonyl (C=O) groups excluding carboxylic acids is 1. The molecule has 1 fully saturated rings. The maximum absolute atomic E-state index is 11.9. The van der Waals surface area contributed by atoms with E-state index in [0.717, 1.165) is 17.1 Å². The molecule has 4 rings (SSSR count). The minimum atomic E-state index is -0.251. The van der Waals surface area contributed by atoms with E-state index in [9.17, 15) is 4.79 Å². The zero-order chi connectivity index (χ0) is 23.7. The van der Waals surface area contributed by atoms with Gasteiger partial charge in [0.05, 0.1) is 31.3 Å². The Morgan fingerprint density at radius 2 is 1.94 bits per heavy atom. The van der Waals surface area contributed by atoms with E-state index in [1.54, 1.807) is 6.20 Å². The van der Waals surface area contributed by atoms with Crippen molar-refractivity contribution in [2.75, 3.05) is 13.7 Å². The molecule has 2 atom stereocenters. The molecule has 2 aromatic heterocycles. The fourth-order valence-electron chi connectivity index (χ4n) is 4.73. The summed E-state index contributed by atoms with van der Waals surface area (Å²) >= 11 is 5.73. The predicted molar refractivity (Wildman–Crippen MR) is 134 cm³/mol. The Labute approximate surface area is 200 Å². The SMILES string of the molecule is COC(=O)CCN1C(=S)NC(c2ccccn2)C1c1cc(C)n(-c2cccc(C)c2C)c1C. The number of nitrogens with zero attached hydrogens (tertiary/aromatic N) is 3. The van der Waals surface area contributed by atoms with Gasteiger partial charge in [-0.25, -0.2) is 0 Å². The molecule has 0 amide bonds. The molecule has 1 saturated heterocycles. The number of hydrogen-bond acceptors (Lipinski definition) is 4. The molecule has 7 heteroatoms. The van der Waals surface area contributed by atoms with Crippen LogP contribution >= 0.6 is 12.2 Å². The summed E-state index contributed by atoms with van der Waals surface area (Å²) < 4.78 is 7.19. The molecule has 0 bridgehead atoms. The van der Waals surface area contributed by atoms with Gasteiger partial charge in [-0.3, -0.25) is 9.78 Å². The summed E-state index contributed by atoms with van der Waals surface area (Å²) in [7, 11) is 1.41. The van der Waals surface area contributed by atoms with E-state index in [-0.39, 0.29) is 24.5 Å². The first-order valence-electron chi connectivity index (χ1n) is 11.1. The van der Waals surface area contributed by atoms with Crippen LogP contribution in [0.1, 0.15) is 52.3 Å². The molecule has 0 spiro atoms. The number of aryl methyl sites for hydroxylation is 2. The van der Waals surface area contributed by atoms with E-state index < -0.39 is 0 Å². The van der Waals surface area contributed by atoms with Crippen LogP contribution in [0.2, 0.25) is 0 Å². The Morgan fingerprint density at radius 3 is 2.64 bits per heavy atom. The lowest BCUT2D eigenvalue weighted by molar-refractivity contribution is -0.140. The van der Waals surface area contributed by atoms with Crippen LogP contribution in [0.25, 0.3) is 5.69 Å². The molecule has 3 aromatic rings. The van der Waals surface area contributed by atoms with Crippen molar-refractivity contribution < 1.29 is 9.53 Å². The number of hydrogen-bond donors (Lipinski definition) is 1. The summed E-state index contributed by atoms with van der Waals surface area (Å²) in [6.45, 7) is 9.06. The molecule has 0 aliphatic carbocycles. The number of aromatic nitrogens is 2. The highest BCUT2D eigenvalue weighted by molar-refractivity contribution is 7.80. The van der Waals surface area contributed by atoms with Crippen LogP contribution in [0.4, 0.5) is 0 Å². The molecule has 3 heterocycles. The van der Waals surface area contributed by atoms with Gasteiger partial charge in [0, 0.05) is 29.8 Å². The molecule has 1 aliphatic rings. The average Bonchev–Trinajstić information content (AvgIpc) is 3.29. The maximum Gasteiger partial charge on any atom is 0.307 e. The monoisotopic (exact) mass is 462 g/mol. The van der Waals surface area contributed by atoms with Gasteiger partial charge in [0.1, 0.15) is 0 Å². The zero-order valence-corrected chi connectivity index (χ0v) is 20.6. The number of nitrogens with one attached hydrogen (secondary N) is 1. The fraction of sp³-hybridized carbons (Fsp3) is 0.346. The summed E-state index contributed by atoms with van der Waals surface area (Å²) in [6, 6.07) is 14.3. The van der Waals surface area contributed by atoms with Gasteiger partial charge in [-0.05, 0) is 80.9 Å². The third kappa shape index (κ3) is 4.25. The first-order chi connectivity index (χ1) is 15.8. The van der Waals surface area contributed by atoms with Crippen LogP contribution in [0.15, 0.2) is 48.7 Å². The van der Waals surface area contributed by atoms with Crippen molar-refractivity contribution in [1.82, 2.24) is 19.8 Å². The van der Waals surface area contributed by atoms with E-state index in [1.165, 1.54) is 29.5 Å². The number of esters is 1. The predicted octanol–water partition coefficient (Wildman–Crippen LogP) is 4.64. The first kappa shape index (κ1) is 23.0. The van der Waals surface area contributed by atoms with Gasteiger partial charge < -0.3 is 19.5 Å². The number of thiocarbonyl (C=S) groups is 1. The fourth-order valence-corrected chi connectivity index (χ4v) is 5.07. The molecule has 1 N–H and O–H groups in total. The van der Waals surface area contributed by atoms with Gasteiger partial charge in [0.2, 0.25) is 0 Å². The first-order valence-corrected chi connectivity index (χ1v) is 11.5. The number of rotatable bonds is 6. The second-order valence-corrected chi connectivity index (χ2v) is 8.91. The highest BCUT2D eigenvalue weighted by Crippen LogP contribution is 2.41. The Hall–Kier alpha value is -3.19. The zero-order valence-electron chi connectivity index (χ0n) is 19.8. The van der Waals surface area contributed by atoms with Crippen molar-refractivity contribution in [3.05, 3.63) is 82.4 Å². The van der Waals surface area contributed by atoms with E-state index in [0.29, 0.717) is 11.7 Å². The van der Waals surface area contributed by atoms with Crippen molar-refractivity contribution >= 4 is 23.3 Å². The van der Waals surface area contributed by atoms with E-state index >= 15 is 0 Å². The quantitative estimate of drug-likeness (QED) is 0.425. The third-order valence-electron chi connectivity index (χ3n) is 6.59. The molecule has 0 radical (unpaired) electrons. The average molecular weight is 463 g/mol. The highest BCUT2D eigenvalue weighted by Gasteiger charge is 2.41. The molecule has 172 valence electrons. The maximum atomic E-state index is 11.9. The van der Waals surface area contributed by atoms with Crippen molar-refractivity contribution in [3.8, 4) is 5.69 Å². The molecule has 33 heavy (non-hydrogen) atoms. The van der Waals surface area contributed by atoms with E-state index in [1.807, 2.05) is 18.2 Å². The second kappa shape index (κ2) is 9.35. The van der Waals surface area contributed by atoms with Crippen LogP contribution in [0.3, 0.4) is 0 Å². The van der Waals surface area contributed by atoms with Gasteiger partial charge >= 0.3 is 5.97 Å². The molecule has 6 nitrogen and oxygen atoms in total. The standard InChI is InChI=1S/C26H30N4O2S/c1-16-9-8-11-22(18(16)3)30-17(2)15-20(19(30)4)25-24(21-10-6-7-13-27-21)28-26(33)29(25)14-12-23(31)32-5/h6-11,13,15,24-25H,12,14H2,1-5H3,(H,28,33). The van der Waals surface area contributed by atoms with Crippen molar-refractivity contribution in [1.29, 1.82) is 0 Å². The Balaban J connectivity index is 1.82. The smallest absolute Gasteiger partial charge is 0.307 e. The lowest BCUT2D eigenvalue weighted by Crippen LogP contribution is -2.32. The van der Waals surface area contributed by atoms with Gasteiger partial charge in [0.25, 0.3) is 0 Å². The molecule has 1 aliphatic heterocycles. The molecular formula is C26H30N4O2S. The second-order valence-electron chi connectivity index (χ2n) is 8.53. The van der Waals surface area contributed by atoms with Crippen molar-refractivity contribution in [2.45, 2.75) is 46.2 Å². The third-order valence-corrected chi connectivity index (χ3v) is 6.94. The number of benzene rings is 1. The van der Waals surface area contributed by atoms with Crippen molar-refractivity contribution in [3.63, 3.8) is 0 Å². The van der Waals surface area contributed by atoms with Gasteiger partial charge in [0.15, 0.2) is 5.11 Å². The largest absolute Gasteiger partial charge is 0.469 e. The highest BCUT2D eigenvalue weighted by atomic mass is 32.1. The minimum Gasteiger partial charge on any atom is -0.469 e. The summed E-state index contributed by atoms with van der Waals surface area (Å²) in [4.78, 5) is 18.6. The van der Waals surface area contributed by atoms with Crippen LogP contribution < -0.4 is 5.32 Å². The lowest BCUT2D eigenvalue weighted by Gasteiger charge is -2.28. The molecule has 1 aromatic carbocycles. The summed E-state index contributed by atoms with van der Waals surface area (Å²) in [5, 5.41) is 4.08. The van der Waals surface area contributed by atoms with Crippen molar-refractivity contribution in [2.24, 2.45) is 0 Å². The van der Waals surface area contributed by atoms with Crippen LogP contribution in [-0.2, 0) is 9.53 Å². The molecular weight excluding hydrogens is 432 g/mol. The number of pyridine rings is 1. The molecule has 2 unspecified atom stereocenters. The lowest BCUT2D eigenvalue weighted by atomic mass is 9.96. The number of ether oxygens (including phenoxy) is 1. The summed E-state index contributed by atoms with van der Waals surface area (Å²) in [5.41, 5.74) is 8.10. The Bertz CT molecular complexity index is 1190. The molecule has 0 saturated carbocycles. The van der Waals surface area contributed by atoms with Crippen LogP contribution in [-0.4, -0.2) is 39.2 Å². The summed E-state index contributed by atoms with van der Waals surface area (Å²) in [6.07, 6.45) is 2.06. The van der Waals surface area contributed by atoms with E-state index in [2.05, 4.69) is 71.7 Å². The van der Waals surface area contributed by atoms with Gasteiger partial charge in [-0.15, -0.1) is 0 Å². The summed E-state index contributed by atoms with van der Waals surface area (Å²) in [5.74, 6) is -0.251. The minimum absolute atomic E-state index is 0.0953.